The summed E-state index contributed by atoms with van der Waals surface area (Å²) in [5.74, 6) is 0. The first-order valence-electron chi connectivity index (χ1n) is 9.75. The van der Waals surface area contributed by atoms with Crippen LogP contribution in [0.2, 0.25) is 0 Å². The van der Waals surface area contributed by atoms with Crippen LogP contribution in [0.1, 0.15) is 49.6 Å². The molecule has 0 amide bonds. The standard InChI is InChI=1S/C22H31N3O/c1-4-26-17-22(10-9-20-6-5-12-23-14-20)11-13-25(16-22)19(3)21-8-7-18(2)24-15-21/h5-8,12,14-15,19H,4,9-11,13,16-17H2,1-3H3. The molecule has 0 N–H and O–H groups in total. The van der Waals surface area contributed by atoms with Gasteiger partial charge in [-0.2, -0.15) is 0 Å². The molecule has 2 unspecified atom stereocenters. The van der Waals surface area contributed by atoms with E-state index in [0.29, 0.717) is 6.04 Å². The van der Waals surface area contributed by atoms with Crippen LogP contribution in [-0.4, -0.2) is 41.2 Å². The highest BCUT2D eigenvalue weighted by Gasteiger charge is 2.39. The lowest BCUT2D eigenvalue weighted by Crippen LogP contribution is -2.33. The van der Waals surface area contributed by atoms with E-state index in [0.717, 1.165) is 44.8 Å². The largest absolute Gasteiger partial charge is 0.381 e. The van der Waals surface area contributed by atoms with Crippen LogP contribution in [0.3, 0.4) is 0 Å². The van der Waals surface area contributed by atoms with Gasteiger partial charge < -0.3 is 4.74 Å². The van der Waals surface area contributed by atoms with Crippen LogP contribution in [0.25, 0.3) is 0 Å². The van der Waals surface area contributed by atoms with Crippen LogP contribution in [-0.2, 0) is 11.2 Å². The zero-order chi connectivity index (χ0) is 18.4. The first kappa shape index (κ1) is 19.0. The van der Waals surface area contributed by atoms with Crippen molar-refractivity contribution in [3.05, 3.63) is 59.7 Å². The molecule has 0 aliphatic carbocycles. The minimum atomic E-state index is 0.234. The normalized spacial score (nSPS) is 21.8. The molecule has 3 heterocycles. The fourth-order valence-electron chi connectivity index (χ4n) is 3.91. The second kappa shape index (κ2) is 8.74. The Hall–Kier alpha value is -1.78. The summed E-state index contributed by atoms with van der Waals surface area (Å²) >= 11 is 0. The van der Waals surface area contributed by atoms with Crippen molar-refractivity contribution < 1.29 is 4.74 Å². The van der Waals surface area contributed by atoms with Gasteiger partial charge in [0.25, 0.3) is 0 Å². The molecule has 4 heteroatoms. The monoisotopic (exact) mass is 353 g/mol. The smallest absolute Gasteiger partial charge is 0.0535 e. The third kappa shape index (κ3) is 4.68. The topological polar surface area (TPSA) is 38.2 Å². The van der Waals surface area contributed by atoms with Gasteiger partial charge in [-0.15, -0.1) is 0 Å². The Bertz CT molecular complexity index is 674. The average Bonchev–Trinajstić information content (AvgIpc) is 3.10. The van der Waals surface area contributed by atoms with Crippen LogP contribution in [0.4, 0.5) is 0 Å². The molecular formula is C22H31N3O. The SMILES string of the molecule is CCOCC1(CCc2cccnc2)CCN(C(C)c2ccc(C)nc2)C1. The molecule has 26 heavy (non-hydrogen) atoms. The predicted molar refractivity (Wildman–Crippen MR) is 105 cm³/mol. The lowest BCUT2D eigenvalue weighted by molar-refractivity contribution is 0.0466. The number of pyridine rings is 2. The lowest BCUT2D eigenvalue weighted by Gasteiger charge is -2.31. The Labute approximate surface area is 157 Å². The van der Waals surface area contributed by atoms with Gasteiger partial charge in [0.1, 0.15) is 0 Å². The van der Waals surface area contributed by atoms with Gasteiger partial charge in [-0.25, -0.2) is 0 Å². The molecule has 0 radical (unpaired) electrons. The molecule has 0 aromatic carbocycles. The van der Waals surface area contributed by atoms with Crippen molar-refractivity contribution in [1.29, 1.82) is 0 Å². The highest BCUT2D eigenvalue weighted by atomic mass is 16.5. The van der Waals surface area contributed by atoms with Crippen LogP contribution in [0.15, 0.2) is 42.9 Å². The second-order valence-electron chi connectivity index (χ2n) is 7.63. The van der Waals surface area contributed by atoms with Gasteiger partial charge in [-0.3, -0.25) is 14.9 Å². The van der Waals surface area contributed by atoms with Gasteiger partial charge >= 0.3 is 0 Å². The molecule has 0 spiro atoms. The maximum absolute atomic E-state index is 5.90. The summed E-state index contributed by atoms with van der Waals surface area (Å²) in [6.07, 6.45) is 9.26. The highest BCUT2D eigenvalue weighted by molar-refractivity contribution is 5.17. The third-order valence-corrected chi connectivity index (χ3v) is 5.71. The molecule has 1 saturated heterocycles. The van der Waals surface area contributed by atoms with Crippen LogP contribution in [0, 0.1) is 12.3 Å². The summed E-state index contributed by atoms with van der Waals surface area (Å²) in [6.45, 7) is 10.3. The highest BCUT2D eigenvalue weighted by Crippen LogP contribution is 2.39. The van der Waals surface area contributed by atoms with Crippen LogP contribution >= 0.6 is 0 Å². The van der Waals surface area contributed by atoms with Gasteiger partial charge in [0, 0.05) is 48.9 Å². The summed E-state index contributed by atoms with van der Waals surface area (Å²) in [4.78, 5) is 11.3. The lowest BCUT2D eigenvalue weighted by atomic mass is 9.82. The van der Waals surface area contributed by atoms with E-state index in [1.54, 1.807) is 0 Å². The molecule has 0 bridgehead atoms. The van der Waals surface area contributed by atoms with Crippen LogP contribution in [0.5, 0.6) is 0 Å². The van der Waals surface area contributed by atoms with Crippen molar-refractivity contribution in [3.8, 4) is 0 Å². The van der Waals surface area contributed by atoms with Crippen molar-refractivity contribution in [2.24, 2.45) is 5.41 Å². The second-order valence-corrected chi connectivity index (χ2v) is 7.63. The van der Waals surface area contributed by atoms with Crippen molar-refractivity contribution in [2.75, 3.05) is 26.3 Å². The molecule has 1 aliphatic rings. The van der Waals surface area contributed by atoms with Crippen molar-refractivity contribution in [2.45, 2.75) is 46.1 Å². The van der Waals surface area contributed by atoms with Crippen molar-refractivity contribution >= 4 is 0 Å². The average molecular weight is 354 g/mol. The molecule has 2 aromatic heterocycles. The summed E-state index contributed by atoms with van der Waals surface area (Å²) < 4.78 is 5.90. The summed E-state index contributed by atoms with van der Waals surface area (Å²) in [5.41, 5.74) is 3.93. The Morgan fingerprint density at radius 1 is 1.27 bits per heavy atom. The van der Waals surface area contributed by atoms with E-state index in [9.17, 15) is 0 Å². The number of ether oxygens (including phenoxy) is 1. The fourth-order valence-corrected chi connectivity index (χ4v) is 3.91. The molecule has 140 valence electrons. The van der Waals surface area contributed by atoms with Crippen molar-refractivity contribution in [3.63, 3.8) is 0 Å². The Kier molecular flexibility index (Phi) is 6.38. The Balaban J connectivity index is 1.67. The summed E-state index contributed by atoms with van der Waals surface area (Å²) in [7, 11) is 0. The zero-order valence-corrected chi connectivity index (χ0v) is 16.3. The van der Waals surface area contributed by atoms with E-state index in [1.807, 2.05) is 31.6 Å². The summed E-state index contributed by atoms with van der Waals surface area (Å²) in [6, 6.07) is 8.92. The molecule has 1 aliphatic heterocycles. The van der Waals surface area contributed by atoms with Gasteiger partial charge in [0.05, 0.1) is 6.61 Å². The minimum Gasteiger partial charge on any atom is -0.381 e. The molecule has 2 aromatic rings. The van der Waals surface area contributed by atoms with Gasteiger partial charge in [0.15, 0.2) is 0 Å². The zero-order valence-electron chi connectivity index (χ0n) is 16.3. The number of nitrogens with zero attached hydrogens (tertiary/aromatic N) is 3. The number of hydrogen-bond acceptors (Lipinski definition) is 4. The van der Waals surface area contributed by atoms with E-state index in [4.69, 9.17) is 4.74 Å². The van der Waals surface area contributed by atoms with E-state index in [2.05, 4.69) is 46.9 Å². The first-order valence-corrected chi connectivity index (χ1v) is 9.75. The first-order chi connectivity index (χ1) is 12.6. The Morgan fingerprint density at radius 2 is 2.15 bits per heavy atom. The minimum absolute atomic E-state index is 0.234. The Morgan fingerprint density at radius 3 is 2.85 bits per heavy atom. The van der Waals surface area contributed by atoms with E-state index in [1.165, 1.54) is 17.5 Å². The number of likely N-dealkylation sites (tertiary alicyclic amines) is 1. The number of hydrogen-bond donors (Lipinski definition) is 0. The quantitative estimate of drug-likeness (QED) is 0.713. The van der Waals surface area contributed by atoms with Gasteiger partial charge in [-0.1, -0.05) is 12.1 Å². The van der Waals surface area contributed by atoms with Crippen molar-refractivity contribution in [1.82, 2.24) is 14.9 Å². The van der Waals surface area contributed by atoms with Gasteiger partial charge in [-0.05, 0) is 69.8 Å². The molecule has 0 saturated carbocycles. The van der Waals surface area contributed by atoms with Gasteiger partial charge in [0.2, 0.25) is 0 Å². The van der Waals surface area contributed by atoms with Crippen LogP contribution < -0.4 is 0 Å². The molecule has 2 atom stereocenters. The molecule has 1 fully saturated rings. The number of rotatable bonds is 8. The van der Waals surface area contributed by atoms with E-state index >= 15 is 0 Å². The predicted octanol–water partition coefficient (Wildman–Crippen LogP) is 4.21. The maximum Gasteiger partial charge on any atom is 0.0535 e. The van der Waals surface area contributed by atoms with E-state index in [-0.39, 0.29) is 5.41 Å². The molecule has 4 nitrogen and oxygen atoms in total. The summed E-state index contributed by atoms with van der Waals surface area (Å²) in [5, 5.41) is 0. The maximum atomic E-state index is 5.90. The number of aromatic nitrogens is 2. The molecular weight excluding hydrogens is 322 g/mol. The molecule has 3 rings (SSSR count). The van der Waals surface area contributed by atoms with E-state index < -0.39 is 0 Å². The number of aryl methyl sites for hydroxylation is 2. The third-order valence-electron chi connectivity index (χ3n) is 5.71. The fraction of sp³-hybridized carbons (Fsp3) is 0.545.